The molecule has 1 amide bonds. The zero-order chi connectivity index (χ0) is 15.4. The minimum atomic E-state index is -0.504. The number of ether oxygens (including phenoxy) is 1. The van der Waals surface area contributed by atoms with Gasteiger partial charge in [-0.05, 0) is 37.5 Å². The summed E-state index contributed by atoms with van der Waals surface area (Å²) in [5.74, 6) is -0.615. The van der Waals surface area contributed by atoms with Crippen LogP contribution in [0.4, 0.5) is 5.69 Å². The number of halogens is 1. The number of carbonyl (C=O) groups is 2. The minimum Gasteiger partial charge on any atom is -0.465 e. The molecule has 21 heavy (non-hydrogen) atoms. The van der Waals surface area contributed by atoms with Crippen molar-refractivity contribution in [3.05, 3.63) is 28.8 Å². The molecule has 0 heterocycles. The number of esters is 1. The number of amides is 1. The van der Waals surface area contributed by atoms with Gasteiger partial charge in [-0.3, -0.25) is 4.79 Å². The molecule has 1 saturated carbocycles. The quantitative estimate of drug-likeness (QED) is 0.841. The van der Waals surface area contributed by atoms with E-state index in [2.05, 4.69) is 10.1 Å². The number of methoxy groups -OCH3 is 1. The van der Waals surface area contributed by atoms with Crippen LogP contribution in [-0.4, -0.2) is 25.0 Å². The van der Waals surface area contributed by atoms with Gasteiger partial charge in [-0.15, -0.1) is 0 Å². The van der Waals surface area contributed by atoms with E-state index < -0.39 is 5.97 Å². The molecule has 114 valence electrons. The molecule has 0 aromatic heterocycles. The molecule has 1 aromatic carbocycles. The van der Waals surface area contributed by atoms with Gasteiger partial charge >= 0.3 is 5.97 Å². The first-order valence-electron chi connectivity index (χ1n) is 6.95. The molecule has 0 spiro atoms. The maximum absolute atomic E-state index is 12.2. The van der Waals surface area contributed by atoms with Gasteiger partial charge in [0.1, 0.15) is 0 Å². The summed E-state index contributed by atoms with van der Waals surface area (Å²) < 4.78 is 4.62. The SMILES string of the molecule is COC(=O)c1ccc(NC(=O)C2CCCC(N)C2)cc1Cl. The van der Waals surface area contributed by atoms with E-state index in [0.717, 1.165) is 19.3 Å². The highest BCUT2D eigenvalue weighted by molar-refractivity contribution is 6.34. The van der Waals surface area contributed by atoms with Crippen molar-refractivity contribution >= 4 is 29.2 Å². The van der Waals surface area contributed by atoms with E-state index >= 15 is 0 Å². The molecule has 3 N–H and O–H groups in total. The summed E-state index contributed by atoms with van der Waals surface area (Å²) in [4.78, 5) is 23.6. The molecular formula is C15H19ClN2O3. The highest BCUT2D eigenvalue weighted by Crippen LogP contribution is 2.26. The third-order valence-corrected chi connectivity index (χ3v) is 4.04. The van der Waals surface area contributed by atoms with Gasteiger partial charge in [-0.1, -0.05) is 18.0 Å². The predicted octanol–water partition coefficient (Wildman–Crippen LogP) is 2.58. The molecule has 2 unspecified atom stereocenters. The van der Waals surface area contributed by atoms with Crippen molar-refractivity contribution in [3.8, 4) is 0 Å². The molecule has 6 heteroatoms. The molecule has 2 rings (SSSR count). The number of hydrogen-bond donors (Lipinski definition) is 2. The lowest BCUT2D eigenvalue weighted by Gasteiger charge is -2.25. The Labute approximate surface area is 128 Å². The molecule has 1 fully saturated rings. The average Bonchev–Trinajstić information content (AvgIpc) is 2.46. The Morgan fingerprint density at radius 3 is 2.76 bits per heavy atom. The van der Waals surface area contributed by atoms with E-state index in [9.17, 15) is 9.59 Å². The topological polar surface area (TPSA) is 81.4 Å². The van der Waals surface area contributed by atoms with Gasteiger partial charge in [0.05, 0.1) is 17.7 Å². The first-order chi connectivity index (χ1) is 10.0. The predicted molar refractivity (Wildman–Crippen MR) is 81.4 cm³/mol. The molecule has 1 aliphatic rings. The number of rotatable bonds is 3. The van der Waals surface area contributed by atoms with Crippen LogP contribution in [0, 0.1) is 5.92 Å². The lowest BCUT2D eigenvalue weighted by atomic mass is 9.85. The normalized spacial score (nSPS) is 21.7. The second kappa shape index (κ2) is 6.91. The largest absolute Gasteiger partial charge is 0.465 e. The first kappa shape index (κ1) is 15.8. The Kier molecular flexibility index (Phi) is 5.20. The highest BCUT2D eigenvalue weighted by atomic mass is 35.5. The van der Waals surface area contributed by atoms with Crippen molar-refractivity contribution in [3.63, 3.8) is 0 Å². The molecule has 0 bridgehead atoms. The van der Waals surface area contributed by atoms with Gasteiger partial charge in [0.25, 0.3) is 0 Å². The van der Waals surface area contributed by atoms with E-state index in [4.69, 9.17) is 17.3 Å². The molecule has 0 aliphatic heterocycles. The number of anilines is 1. The van der Waals surface area contributed by atoms with E-state index in [1.165, 1.54) is 13.2 Å². The number of nitrogens with two attached hydrogens (primary N) is 1. The lowest BCUT2D eigenvalue weighted by molar-refractivity contribution is -0.120. The minimum absolute atomic E-state index is 0.0490. The second-order valence-electron chi connectivity index (χ2n) is 5.30. The van der Waals surface area contributed by atoms with Crippen LogP contribution >= 0.6 is 11.6 Å². The van der Waals surface area contributed by atoms with E-state index in [0.29, 0.717) is 12.1 Å². The summed E-state index contributed by atoms with van der Waals surface area (Å²) in [6.07, 6.45) is 3.51. The van der Waals surface area contributed by atoms with Crippen molar-refractivity contribution in [2.45, 2.75) is 31.7 Å². The van der Waals surface area contributed by atoms with E-state index in [1.807, 2.05) is 0 Å². The Bertz CT molecular complexity index is 548. The van der Waals surface area contributed by atoms with Gasteiger partial charge in [0, 0.05) is 17.6 Å². The Morgan fingerprint density at radius 2 is 2.14 bits per heavy atom. The van der Waals surface area contributed by atoms with Crippen LogP contribution in [-0.2, 0) is 9.53 Å². The summed E-state index contributed by atoms with van der Waals surface area (Å²) in [6, 6.07) is 4.82. The molecule has 5 nitrogen and oxygen atoms in total. The standard InChI is InChI=1S/C15H19ClN2O3/c1-21-15(20)12-6-5-11(8-13(12)16)18-14(19)9-3-2-4-10(17)7-9/h5-6,8-10H,2-4,7,17H2,1H3,(H,18,19). The molecule has 1 aliphatic carbocycles. The number of hydrogen-bond acceptors (Lipinski definition) is 4. The summed E-state index contributed by atoms with van der Waals surface area (Å²) in [7, 11) is 1.29. The van der Waals surface area contributed by atoms with Crippen molar-refractivity contribution in [2.24, 2.45) is 11.7 Å². The van der Waals surface area contributed by atoms with Gasteiger partial charge in [0.15, 0.2) is 0 Å². The van der Waals surface area contributed by atoms with Crippen molar-refractivity contribution in [1.82, 2.24) is 0 Å². The van der Waals surface area contributed by atoms with Crippen LogP contribution in [0.25, 0.3) is 0 Å². The van der Waals surface area contributed by atoms with Crippen LogP contribution in [0.1, 0.15) is 36.0 Å². The molecular weight excluding hydrogens is 292 g/mol. The van der Waals surface area contributed by atoms with Crippen LogP contribution in [0.5, 0.6) is 0 Å². The molecule has 0 radical (unpaired) electrons. The van der Waals surface area contributed by atoms with Crippen LogP contribution in [0.15, 0.2) is 18.2 Å². The fourth-order valence-corrected chi connectivity index (χ4v) is 2.84. The van der Waals surface area contributed by atoms with Crippen molar-refractivity contribution < 1.29 is 14.3 Å². The average molecular weight is 311 g/mol. The first-order valence-corrected chi connectivity index (χ1v) is 7.33. The fourth-order valence-electron chi connectivity index (χ4n) is 2.58. The monoisotopic (exact) mass is 310 g/mol. The smallest absolute Gasteiger partial charge is 0.339 e. The molecule has 1 aromatic rings. The van der Waals surface area contributed by atoms with Crippen LogP contribution in [0.2, 0.25) is 5.02 Å². The number of benzene rings is 1. The third kappa shape index (κ3) is 3.95. The van der Waals surface area contributed by atoms with E-state index in [1.54, 1.807) is 12.1 Å². The molecule has 0 saturated heterocycles. The maximum atomic E-state index is 12.2. The Hall–Kier alpha value is -1.59. The second-order valence-corrected chi connectivity index (χ2v) is 5.71. The van der Waals surface area contributed by atoms with Gasteiger partial charge < -0.3 is 15.8 Å². The summed E-state index contributed by atoms with van der Waals surface area (Å²) >= 11 is 6.02. The fraction of sp³-hybridized carbons (Fsp3) is 0.467. The third-order valence-electron chi connectivity index (χ3n) is 3.73. The van der Waals surface area contributed by atoms with Crippen molar-refractivity contribution in [2.75, 3.05) is 12.4 Å². The summed E-state index contributed by atoms with van der Waals surface area (Å²) in [5.41, 5.74) is 6.74. The number of carbonyl (C=O) groups excluding carboxylic acids is 2. The van der Waals surface area contributed by atoms with Crippen LogP contribution in [0.3, 0.4) is 0 Å². The van der Waals surface area contributed by atoms with Gasteiger partial charge in [-0.25, -0.2) is 4.79 Å². The lowest BCUT2D eigenvalue weighted by Crippen LogP contribution is -2.34. The Balaban J connectivity index is 2.04. The van der Waals surface area contributed by atoms with Gasteiger partial charge in [-0.2, -0.15) is 0 Å². The van der Waals surface area contributed by atoms with E-state index in [-0.39, 0.29) is 28.5 Å². The zero-order valence-corrected chi connectivity index (χ0v) is 12.7. The summed E-state index contributed by atoms with van der Waals surface area (Å²) in [6.45, 7) is 0. The Morgan fingerprint density at radius 1 is 1.38 bits per heavy atom. The maximum Gasteiger partial charge on any atom is 0.339 e. The summed E-state index contributed by atoms with van der Waals surface area (Å²) in [5, 5.41) is 3.08. The van der Waals surface area contributed by atoms with Crippen LogP contribution < -0.4 is 11.1 Å². The van der Waals surface area contributed by atoms with Crippen molar-refractivity contribution in [1.29, 1.82) is 0 Å². The number of nitrogens with one attached hydrogen (secondary N) is 1. The highest BCUT2D eigenvalue weighted by Gasteiger charge is 2.25. The van der Waals surface area contributed by atoms with Gasteiger partial charge in [0.2, 0.25) is 5.91 Å². The zero-order valence-electron chi connectivity index (χ0n) is 11.9. The molecule has 2 atom stereocenters.